The van der Waals surface area contributed by atoms with Crippen molar-refractivity contribution in [2.24, 2.45) is 5.92 Å². The summed E-state index contributed by atoms with van der Waals surface area (Å²) < 4.78 is 35.0. The van der Waals surface area contributed by atoms with Crippen LogP contribution in [-0.2, 0) is 20.2 Å². The molecule has 0 unspecified atom stereocenters. The van der Waals surface area contributed by atoms with E-state index in [-0.39, 0.29) is 4.90 Å². The molecule has 3 aliphatic carbocycles. The number of nitrogens with zero attached hydrogens (tertiary/aromatic N) is 2. The van der Waals surface area contributed by atoms with E-state index in [4.69, 9.17) is 4.74 Å². The maximum atomic E-state index is 13.5. The number of nitrogens with one attached hydrogen (secondary N) is 1. The molecule has 3 aromatic rings. The third-order valence-corrected chi connectivity index (χ3v) is 8.81. The topological polar surface area (TPSA) is 98.2 Å². The molecule has 3 fully saturated rings. The first-order chi connectivity index (χ1) is 16.5. The molecule has 0 saturated heterocycles. The average molecular weight is 478 g/mol. The molecule has 1 aromatic carbocycles. The number of sulfonamides is 1. The molecule has 2 heterocycles. The molecule has 0 radical (unpaired) electrons. The monoisotopic (exact) mass is 477 g/mol. The molecule has 1 N–H and O–H groups in total. The fourth-order valence-electron chi connectivity index (χ4n) is 4.70. The summed E-state index contributed by atoms with van der Waals surface area (Å²) >= 11 is 0. The van der Waals surface area contributed by atoms with Crippen molar-refractivity contribution in [3.8, 4) is 5.88 Å². The van der Waals surface area contributed by atoms with Gasteiger partial charge in [0.2, 0.25) is 11.8 Å². The molecule has 0 bridgehead atoms. The van der Waals surface area contributed by atoms with Crippen LogP contribution >= 0.6 is 0 Å². The molecule has 0 spiro atoms. The Labute approximate surface area is 199 Å². The van der Waals surface area contributed by atoms with Crippen molar-refractivity contribution < 1.29 is 17.9 Å². The van der Waals surface area contributed by atoms with Crippen LogP contribution in [0.15, 0.2) is 53.7 Å². The number of amides is 1. The summed E-state index contributed by atoms with van der Waals surface area (Å²) in [5, 5.41) is 0.484. The zero-order valence-corrected chi connectivity index (χ0v) is 19.7. The van der Waals surface area contributed by atoms with Crippen LogP contribution in [0.4, 0.5) is 0 Å². The van der Waals surface area contributed by atoms with E-state index in [1.54, 1.807) is 30.5 Å². The van der Waals surface area contributed by atoms with Gasteiger partial charge in [-0.3, -0.25) is 9.78 Å². The van der Waals surface area contributed by atoms with Gasteiger partial charge in [-0.15, -0.1) is 0 Å². The molecule has 176 valence electrons. The summed E-state index contributed by atoms with van der Waals surface area (Å²) in [5.74, 6) is 0.950. The minimum atomic E-state index is -4.09. The smallest absolute Gasteiger partial charge is 0.264 e. The Balaban J connectivity index is 1.32. The molecule has 6 rings (SSSR count). The van der Waals surface area contributed by atoms with Crippen LogP contribution in [0.2, 0.25) is 0 Å². The third-order valence-electron chi connectivity index (χ3n) is 7.42. The fraction of sp³-hybridized carbons (Fsp3) is 0.423. The summed E-state index contributed by atoms with van der Waals surface area (Å²) in [4.78, 5) is 22.4. The number of benzene rings is 1. The van der Waals surface area contributed by atoms with E-state index in [0.29, 0.717) is 48.1 Å². The number of hydrogen-bond donors (Lipinski definition) is 1. The van der Waals surface area contributed by atoms with Gasteiger partial charge < -0.3 is 4.74 Å². The number of pyridine rings is 2. The predicted molar refractivity (Wildman–Crippen MR) is 127 cm³/mol. The van der Waals surface area contributed by atoms with E-state index < -0.39 is 21.3 Å². The first kappa shape index (κ1) is 21.5. The van der Waals surface area contributed by atoms with E-state index in [1.807, 2.05) is 12.3 Å². The first-order valence-electron chi connectivity index (χ1n) is 12.0. The molecule has 3 aliphatic rings. The van der Waals surface area contributed by atoms with Crippen molar-refractivity contribution in [3.05, 3.63) is 59.9 Å². The van der Waals surface area contributed by atoms with Gasteiger partial charge in [-0.05, 0) is 86.3 Å². The van der Waals surface area contributed by atoms with E-state index >= 15 is 0 Å². The second-order valence-corrected chi connectivity index (χ2v) is 11.5. The average Bonchev–Trinajstić information content (AvgIpc) is 3.71. The highest BCUT2D eigenvalue weighted by atomic mass is 32.2. The molecule has 3 saturated carbocycles. The summed E-state index contributed by atoms with van der Waals surface area (Å²) in [6.45, 7) is 0.585. The van der Waals surface area contributed by atoms with Crippen LogP contribution in [0.3, 0.4) is 0 Å². The van der Waals surface area contributed by atoms with E-state index in [2.05, 4.69) is 14.7 Å². The van der Waals surface area contributed by atoms with Crippen LogP contribution in [0.1, 0.15) is 62.0 Å². The van der Waals surface area contributed by atoms with E-state index in [0.717, 1.165) is 36.8 Å². The van der Waals surface area contributed by atoms with E-state index in [1.165, 1.54) is 12.5 Å². The van der Waals surface area contributed by atoms with Crippen molar-refractivity contribution in [1.82, 2.24) is 14.7 Å². The van der Waals surface area contributed by atoms with Gasteiger partial charge in [-0.25, -0.2) is 18.1 Å². The molecule has 1 amide bonds. The Morgan fingerprint density at radius 1 is 1.09 bits per heavy atom. The van der Waals surface area contributed by atoms with Gasteiger partial charge in [0.1, 0.15) is 0 Å². The van der Waals surface area contributed by atoms with Gasteiger partial charge >= 0.3 is 0 Å². The lowest BCUT2D eigenvalue weighted by Gasteiger charge is -2.27. The van der Waals surface area contributed by atoms with Crippen molar-refractivity contribution >= 4 is 26.8 Å². The number of hydrogen-bond acceptors (Lipinski definition) is 6. The summed E-state index contributed by atoms with van der Waals surface area (Å²) in [6.07, 6.45) is 10.4. The Morgan fingerprint density at radius 2 is 1.91 bits per heavy atom. The number of rotatable bonds is 8. The Kier molecular flexibility index (Phi) is 5.09. The molecule has 8 heteroatoms. The largest absolute Gasteiger partial charge is 0.477 e. The van der Waals surface area contributed by atoms with E-state index in [9.17, 15) is 13.2 Å². The quantitative estimate of drug-likeness (QED) is 0.522. The molecular formula is C26H27N3O4S. The maximum absolute atomic E-state index is 13.5. The van der Waals surface area contributed by atoms with Crippen LogP contribution in [0.25, 0.3) is 10.9 Å². The highest BCUT2D eigenvalue weighted by Crippen LogP contribution is 2.52. The SMILES string of the molecule is O=C(NS(=O)(=O)c1cccc2ncccc12)C1(c2cc(C3CCC3)cnc2OCC2CC2)CC1. The Hall–Kier alpha value is -3.00. The third kappa shape index (κ3) is 3.83. The number of ether oxygens (including phenoxy) is 1. The first-order valence-corrected chi connectivity index (χ1v) is 13.5. The summed E-state index contributed by atoms with van der Waals surface area (Å²) in [7, 11) is -4.09. The van der Waals surface area contributed by atoms with Crippen molar-refractivity contribution in [1.29, 1.82) is 0 Å². The highest BCUT2D eigenvalue weighted by Gasteiger charge is 2.55. The maximum Gasteiger partial charge on any atom is 0.264 e. The zero-order valence-electron chi connectivity index (χ0n) is 18.9. The van der Waals surface area contributed by atoms with Crippen LogP contribution < -0.4 is 9.46 Å². The Bertz CT molecular complexity index is 1370. The number of carbonyl (C=O) groups excluding carboxylic acids is 1. The highest BCUT2D eigenvalue weighted by molar-refractivity contribution is 7.90. The molecule has 0 atom stereocenters. The fourth-order valence-corrected chi connectivity index (χ4v) is 5.97. The predicted octanol–water partition coefficient (Wildman–Crippen LogP) is 4.22. The number of aromatic nitrogens is 2. The van der Waals surface area contributed by atoms with Gasteiger partial charge in [-0.1, -0.05) is 12.5 Å². The van der Waals surface area contributed by atoms with Crippen LogP contribution in [0.5, 0.6) is 5.88 Å². The lowest BCUT2D eigenvalue weighted by atomic mass is 9.79. The summed E-state index contributed by atoms with van der Waals surface area (Å²) in [5.41, 5.74) is 1.47. The van der Waals surface area contributed by atoms with Crippen molar-refractivity contribution in [2.45, 2.75) is 61.2 Å². The second kappa shape index (κ2) is 8.05. The van der Waals surface area contributed by atoms with Gasteiger partial charge in [0.15, 0.2) is 0 Å². The second-order valence-electron chi connectivity index (χ2n) is 9.85. The van der Waals surface area contributed by atoms with Crippen molar-refractivity contribution in [3.63, 3.8) is 0 Å². The molecule has 34 heavy (non-hydrogen) atoms. The van der Waals surface area contributed by atoms with Gasteiger partial charge in [0.05, 0.1) is 22.4 Å². The normalized spacial score (nSPS) is 19.4. The van der Waals surface area contributed by atoms with Crippen LogP contribution in [0, 0.1) is 5.92 Å². The van der Waals surface area contributed by atoms with Gasteiger partial charge in [0, 0.05) is 23.3 Å². The minimum absolute atomic E-state index is 0.0498. The minimum Gasteiger partial charge on any atom is -0.477 e. The van der Waals surface area contributed by atoms with Gasteiger partial charge in [0.25, 0.3) is 10.0 Å². The van der Waals surface area contributed by atoms with Crippen molar-refractivity contribution in [2.75, 3.05) is 6.61 Å². The van der Waals surface area contributed by atoms with Gasteiger partial charge in [-0.2, -0.15) is 0 Å². The number of fused-ring (bicyclic) bond motifs is 1. The molecule has 7 nitrogen and oxygen atoms in total. The number of carbonyl (C=O) groups is 1. The lowest BCUT2D eigenvalue weighted by molar-refractivity contribution is -0.121. The lowest BCUT2D eigenvalue weighted by Crippen LogP contribution is -2.39. The summed E-state index contributed by atoms with van der Waals surface area (Å²) in [6, 6.07) is 10.3. The molecule has 0 aliphatic heterocycles. The standard InChI is InChI=1S/C26H27N3O4S/c30-25(29-34(31,32)23-8-2-7-22-20(23)6-3-13-27-22)26(11-12-26)21-14-19(18-4-1-5-18)15-28-24(21)33-16-17-9-10-17/h2-3,6-8,13-15,17-18H,1,4-5,9-12,16H2,(H,29,30). The zero-order chi connectivity index (χ0) is 23.3. The molecular weight excluding hydrogens is 450 g/mol. The van der Waals surface area contributed by atoms with Crippen LogP contribution in [-0.4, -0.2) is 30.9 Å². The Morgan fingerprint density at radius 3 is 2.62 bits per heavy atom. The molecule has 2 aromatic heterocycles.